The monoisotopic (exact) mass is 402 g/mol. The summed E-state index contributed by atoms with van der Waals surface area (Å²) in [6.45, 7) is 0. The Morgan fingerprint density at radius 2 is 1.59 bits per heavy atom. The van der Waals surface area contributed by atoms with Gasteiger partial charge in [-0.05, 0) is 62.1 Å². The van der Waals surface area contributed by atoms with Crippen molar-refractivity contribution in [1.82, 2.24) is 9.97 Å². The van der Waals surface area contributed by atoms with Crippen LogP contribution in [0.1, 0.15) is 25.7 Å². The molecule has 1 fully saturated rings. The number of aromatic nitrogens is 2. The number of fused-ring (bicyclic) bond motifs is 2. The maximum Gasteiger partial charge on any atom is 0.0737 e. The number of hydrogen-bond acceptors (Lipinski definition) is 4. The summed E-state index contributed by atoms with van der Waals surface area (Å²) in [7, 11) is 0. The van der Waals surface area contributed by atoms with Crippen LogP contribution < -0.4 is 10.6 Å². The SMILES string of the molecule is Clc1ccc2c(N[C@H]3CC[C@@H](Nc4cnc5ccccc5c4)CC3)ccnc2c1. The largest absolute Gasteiger partial charge is 0.382 e. The van der Waals surface area contributed by atoms with Crippen molar-refractivity contribution in [3.63, 3.8) is 0 Å². The van der Waals surface area contributed by atoms with E-state index in [9.17, 15) is 0 Å². The maximum absolute atomic E-state index is 6.11. The third-order valence-corrected chi connectivity index (χ3v) is 5.99. The number of benzene rings is 2. The number of nitrogens with zero attached hydrogens (tertiary/aromatic N) is 2. The molecule has 5 rings (SSSR count). The van der Waals surface area contributed by atoms with E-state index in [1.165, 1.54) is 5.39 Å². The highest BCUT2D eigenvalue weighted by Gasteiger charge is 2.21. The van der Waals surface area contributed by atoms with Crippen molar-refractivity contribution in [3.8, 4) is 0 Å². The van der Waals surface area contributed by atoms with Gasteiger partial charge >= 0.3 is 0 Å². The first-order valence-electron chi connectivity index (χ1n) is 10.2. The quantitative estimate of drug-likeness (QED) is 0.422. The van der Waals surface area contributed by atoms with Crippen molar-refractivity contribution in [2.75, 3.05) is 10.6 Å². The van der Waals surface area contributed by atoms with Crippen molar-refractivity contribution >= 4 is 44.8 Å². The van der Waals surface area contributed by atoms with E-state index in [1.54, 1.807) is 0 Å². The lowest BCUT2D eigenvalue weighted by molar-refractivity contribution is 0.429. The number of pyridine rings is 2. The van der Waals surface area contributed by atoms with Gasteiger partial charge in [-0.3, -0.25) is 9.97 Å². The molecule has 2 N–H and O–H groups in total. The van der Waals surface area contributed by atoms with Gasteiger partial charge in [0.2, 0.25) is 0 Å². The Balaban J connectivity index is 1.22. The van der Waals surface area contributed by atoms with Crippen LogP contribution in [0.15, 0.2) is 67.0 Å². The standard InChI is InChI=1S/C24H23ClN4/c25-17-5-10-21-23(11-12-26-24(21)14-17)29-19-8-6-18(7-9-19)28-20-13-16-3-1-2-4-22(16)27-15-20/h1-5,10-15,18-19,28H,6-9H2,(H,26,29)/t18-,19+. The third-order valence-electron chi connectivity index (χ3n) is 5.75. The smallest absolute Gasteiger partial charge is 0.0737 e. The number of para-hydroxylation sites is 1. The molecule has 1 aliphatic rings. The molecule has 0 radical (unpaired) electrons. The zero-order valence-electron chi connectivity index (χ0n) is 16.1. The van der Waals surface area contributed by atoms with E-state index in [2.05, 4.69) is 44.9 Å². The molecule has 2 aromatic carbocycles. The summed E-state index contributed by atoms with van der Waals surface area (Å²) < 4.78 is 0. The number of hydrogen-bond donors (Lipinski definition) is 2. The molecule has 5 heteroatoms. The van der Waals surface area contributed by atoms with Gasteiger partial charge in [-0.1, -0.05) is 29.8 Å². The van der Waals surface area contributed by atoms with Crippen LogP contribution in [0.4, 0.5) is 11.4 Å². The maximum atomic E-state index is 6.11. The van der Waals surface area contributed by atoms with Gasteiger partial charge in [-0.15, -0.1) is 0 Å². The van der Waals surface area contributed by atoms with Crippen LogP contribution in [0.3, 0.4) is 0 Å². The van der Waals surface area contributed by atoms with Gasteiger partial charge in [0, 0.05) is 39.8 Å². The molecule has 0 atom stereocenters. The normalized spacial score (nSPS) is 19.3. The Hall–Kier alpha value is -2.85. The van der Waals surface area contributed by atoms with E-state index in [0.29, 0.717) is 12.1 Å². The zero-order valence-corrected chi connectivity index (χ0v) is 16.9. The van der Waals surface area contributed by atoms with E-state index in [4.69, 9.17) is 11.6 Å². The van der Waals surface area contributed by atoms with Gasteiger partial charge in [0.25, 0.3) is 0 Å². The van der Waals surface area contributed by atoms with Gasteiger partial charge in [-0.25, -0.2) is 0 Å². The molecule has 1 saturated carbocycles. The van der Waals surface area contributed by atoms with E-state index in [1.807, 2.05) is 42.7 Å². The molecule has 146 valence electrons. The Kier molecular flexibility index (Phi) is 4.94. The molecule has 0 bridgehead atoms. The van der Waals surface area contributed by atoms with Crippen LogP contribution in [0.5, 0.6) is 0 Å². The summed E-state index contributed by atoms with van der Waals surface area (Å²) in [4.78, 5) is 9.00. The lowest BCUT2D eigenvalue weighted by Crippen LogP contribution is -2.32. The van der Waals surface area contributed by atoms with Gasteiger partial charge in [0.1, 0.15) is 0 Å². The Bertz CT molecular complexity index is 1150. The molecule has 4 aromatic rings. The minimum Gasteiger partial charge on any atom is -0.382 e. The topological polar surface area (TPSA) is 49.8 Å². The second-order valence-corrected chi connectivity index (χ2v) is 8.21. The zero-order chi connectivity index (χ0) is 19.6. The van der Waals surface area contributed by atoms with Crippen LogP contribution in [-0.2, 0) is 0 Å². The minimum atomic E-state index is 0.476. The second kappa shape index (κ2) is 7.88. The van der Waals surface area contributed by atoms with Crippen molar-refractivity contribution < 1.29 is 0 Å². The van der Waals surface area contributed by atoms with Crippen LogP contribution in [-0.4, -0.2) is 22.1 Å². The molecule has 1 aliphatic carbocycles. The highest BCUT2D eigenvalue weighted by Crippen LogP contribution is 2.29. The minimum absolute atomic E-state index is 0.476. The Morgan fingerprint density at radius 3 is 2.45 bits per heavy atom. The molecule has 2 heterocycles. The van der Waals surface area contributed by atoms with Gasteiger partial charge in [0.05, 0.1) is 22.9 Å². The van der Waals surface area contributed by atoms with E-state index in [0.717, 1.165) is 58.5 Å². The number of nitrogens with one attached hydrogen (secondary N) is 2. The average Bonchev–Trinajstić information content (AvgIpc) is 2.75. The van der Waals surface area contributed by atoms with E-state index in [-0.39, 0.29) is 0 Å². The Morgan fingerprint density at radius 1 is 0.793 bits per heavy atom. The summed E-state index contributed by atoms with van der Waals surface area (Å²) in [5, 5.41) is 10.4. The highest BCUT2D eigenvalue weighted by molar-refractivity contribution is 6.31. The highest BCUT2D eigenvalue weighted by atomic mass is 35.5. The first kappa shape index (κ1) is 18.2. The van der Waals surface area contributed by atoms with Crippen LogP contribution in [0.2, 0.25) is 5.02 Å². The predicted molar refractivity (Wildman–Crippen MR) is 122 cm³/mol. The molecular weight excluding hydrogens is 380 g/mol. The summed E-state index contributed by atoms with van der Waals surface area (Å²) in [5.41, 5.74) is 4.22. The fourth-order valence-corrected chi connectivity index (χ4v) is 4.40. The molecule has 0 spiro atoms. The first-order valence-corrected chi connectivity index (χ1v) is 10.5. The summed E-state index contributed by atoms with van der Waals surface area (Å²) >= 11 is 6.11. The predicted octanol–water partition coefficient (Wildman–Crippen LogP) is 6.27. The molecule has 0 unspecified atom stereocenters. The summed E-state index contributed by atoms with van der Waals surface area (Å²) in [6.07, 6.45) is 8.34. The number of anilines is 2. The first-order chi connectivity index (χ1) is 14.2. The molecule has 0 saturated heterocycles. The average molecular weight is 403 g/mol. The molecule has 4 nitrogen and oxygen atoms in total. The summed E-state index contributed by atoms with van der Waals surface area (Å²) in [5.74, 6) is 0. The lowest BCUT2D eigenvalue weighted by atomic mass is 9.90. The fourth-order valence-electron chi connectivity index (χ4n) is 4.23. The molecule has 0 aliphatic heterocycles. The second-order valence-electron chi connectivity index (χ2n) is 7.77. The van der Waals surface area contributed by atoms with Crippen molar-refractivity contribution in [1.29, 1.82) is 0 Å². The van der Waals surface area contributed by atoms with Gasteiger partial charge in [0.15, 0.2) is 0 Å². The molecule has 29 heavy (non-hydrogen) atoms. The molecular formula is C24H23ClN4. The van der Waals surface area contributed by atoms with Crippen molar-refractivity contribution in [2.24, 2.45) is 0 Å². The van der Waals surface area contributed by atoms with E-state index < -0.39 is 0 Å². The van der Waals surface area contributed by atoms with Crippen molar-refractivity contribution in [3.05, 3.63) is 72.0 Å². The number of rotatable bonds is 4. The number of halogens is 1. The van der Waals surface area contributed by atoms with E-state index >= 15 is 0 Å². The molecule has 0 amide bonds. The van der Waals surface area contributed by atoms with Gasteiger partial charge in [-0.2, -0.15) is 0 Å². The van der Waals surface area contributed by atoms with Gasteiger partial charge < -0.3 is 10.6 Å². The molecule has 2 aromatic heterocycles. The third kappa shape index (κ3) is 3.99. The van der Waals surface area contributed by atoms with Crippen LogP contribution >= 0.6 is 11.6 Å². The lowest BCUT2D eigenvalue weighted by Gasteiger charge is -2.31. The van der Waals surface area contributed by atoms with Crippen LogP contribution in [0, 0.1) is 0 Å². The fraction of sp³-hybridized carbons (Fsp3) is 0.250. The summed E-state index contributed by atoms with van der Waals surface area (Å²) in [6, 6.07) is 19.4. The Labute approximate surface area is 175 Å². The van der Waals surface area contributed by atoms with Crippen LogP contribution in [0.25, 0.3) is 21.8 Å². The van der Waals surface area contributed by atoms with Crippen molar-refractivity contribution in [2.45, 2.75) is 37.8 Å².